The third kappa shape index (κ3) is 4.29. The average molecular weight is 389 g/mol. The van der Waals surface area contributed by atoms with Gasteiger partial charge in [0.15, 0.2) is 0 Å². The first-order chi connectivity index (χ1) is 12.8. The third-order valence-electron chi connectivity index (χ3n) is 5.92. The second-order valence-corrected chi connectivity index (χ2v) is 7.60. The summed E-state index contributed by atoms with van der Waals surface area (Å²) >= 11 is 0. The van der Waals surface area contributed by atoms with Gasteiger partial charge in [0, 0.05) is 19.1 Å². The van der Waals surface area contributed by atoms with Gasteiger partial charge in [0.2, 0.25) is 0 Å². The predicted molar refractivity (Wildman–Crippen MR) is 111 cm³/mol. The zero-order valence-corrected chi connectivity index (χ0v) is 16.5. The standard InChI is InChI=1S/C22H28N2O2.ClH/c23-14-19-12-13-21(26-19)22(25)24(18-9-2-3-10-18)15-17-8-5-7-16-6-1-4-11-20(16)17;/h1,4-8,11,18-19,21H,2-3,9-10,12-15,23H2;1H/t19-,21+;/m1./s1. The molecule has 2 atom stereocenters. The largest absolute Gasteiger partial charge is 0.364 e. The average Bonchev–Trinajstić information content (AvgIpc) is 3.37. The monoisotopic (exact) mass is 388 g/mol. The molecule has 2 N–H and O–H groups in total. The maximum atomic E-state index is 13.3. The summed E-state index contributed by atoms with van der Waals surface area (Å²) in [7, 11) is 0. The Morgan fingerprint density at radius 2 is 1.78 bits per heavy atom. The molecule has 4 nitrogen and oxygen atoms in total. The second kappa shape index (κ2) is 9.05. The number of amides is 1. The van der Waals surface area contributed by atoms with Crippen molar-refractivity contribution in [1.82, 2.24) is 4.90 Å². The summed E-state index contributed by atoms with van der Waals surface area (Å²) in [5.74, 6) is 0.154. The van der Waals surface area contributed by atoms with Crippen LogP contribution in [0.2, 0.25) is 0 Å². The van der Waals surface area contributed by atoms with Gasteiger partial charge in [-0.05, 0) is 42.0 Å². The molecule has 0 unspecified atom stereocenters. The maximum Gasteiger partial charge on any atom is 0.252 e. The van der Waals surface area contributed by atoms with Gasteiger partial charge in [-0.25, -0.2) is 0 Å². The van der Waals surface area contributed by atoms with Gasteiger partial charge in [0.05, 0.1) is 6.10 Å². The molecule has 2 aromatic rings. The molecule has 1 saturated heterocycles. The van der Waals surface area contributed by atoms with E-state index < -0.39 is 0 Å². The minimum Gasteiger partial charge on any atom is -0.364 e. The lowest BCUT2D eigenvalue weighted by Gasteiger charge is -2.31. The van der Waals surface area contributed by atoms with Crippen LogP contribution in [0.5, 0.6) is 0 Å². The molecule has 1 aliphatic heterocycles. The van der Waals surface area contributed by atoms with E-state index in [1.807, 2.05) is 0 Å². The van der Waals surface area contributed by atoms with Gasteiger partial charge in [-0.2, -0.15) is 0 Å². The van der Waals surface area contributed by atoms with Crippen molar-refractivity contribution in [1.29, 1.82) is 0 Å². The Morgan fingerprint density at radius 1 is 1.04 bits per heavy atom. The summed E-state index contributed by atoms with van der Waals surface area (Å²) in [6, 6.07) is 15.1. The van der Waals surface area contributed by atoms with Gasteiger partial charge in [-0.15, -0.1) is 12.4 Å². The first kappa shape index (κ1) is 20.1. The van der Waals surface area contributed by atoms with Crippen molar-refractivity contribution in [3.63, 3.8) is 0 Å². The van der Waals surface area contributed by atoms with Gasteiger partial charge in [0.25, 0.3) is 5.91 Å². The van der Waals surface area contributed by atoms with Gasteiger partial charge >= 0.3 is 0 Å². The number of nitrogens with zero attached hydrogens (tertiary/aromatic N) is 1. The summed E-state index contributed by atoms with van der Waals surface area (Å²) in [5, 5.41) is 2.46. The van der Waals surface area contributed by atoms with Crippen molar-refractivity contribution in [2.75, 3.05) is 6.54 Å². The van der Waals surface area contributed by atoms with Crippen LogP contribution in [-0.2, 0) is 16.1 Å². The van der Waals surface area contributed by atoms with Crippen molar-refractivity contribution in [2.24, 2.45) is 5.73 Å². The van der Waals surface area contributed by atoms with Crippen LogP contribution in [0.25, 0.3) is 10.8 Å². The topological polar surface area (TPSA) is 55.6 Å². The minimum absolute atomic E-state index is 0. The van der Waals surface area contributed by atoms with Crippen LogP contribution in [0.1, 0.15) is 44.1 Å². The molecule has 0 aromatic heterocycles. The summed E-state index contributed by atoms with van der Waals surface area (Å²) in [6.45, 7) is 1.16. The van der Waals surface area contributed by atoms with Crippen LogP contribution in [0.3, 0.4) is 0 Å². The van der Waals surface area contributed by atoms with Gasteiger partial charge in [0.1, 0.15) is 6.10 Å². The lowest BCUT2D eigenvalue weighted by Crippen LogP contribution is -2.44. The molecule has 5 heteroatoms. The highest BCUT2D eigenvalue weighted by atomic mass is 35.5. The highest BCUT2D eigenvalue weighted by Gasteiger charge is 2.36. The molecule has 27 heavy (non-hydrogen) atoms. The Morgan fingerprint density at radius 3 is 2.52 bits per heavy atom. The molecule has 1 amide bonds. The van der Waals surface area contributed by atoms with E-state index in [2.05, 4.69) is 47.4 Å². The number of halogens is 1. The molecule has 2 aliphatic rings. The Kier molecular flexibility index (Phi) is 6.74. The number of carbonyl (C=O) groups is 1. The SMILES string of the molecule is Cl.NC[C@H]1CC[C@@H](C(=O)N(Cc2cccc3ccccc23)C2CCCC2)O1. The Bertz CT molecular complexity index is 771. The van der Waals surface area contributed by atoms with Crippen molar-refractivity contribution in [3.8, 4) is 0 Å². The van der Waals surface area contributed by atoms with Crippen molar-refractivity contribution in [3.05, 3.63) is 48.0 Å². The first-order valence-electron chi connectivity index (χ1n) is 9.89. The van der Waals surface area contributed by atoms with E-state index in [-0.39, 0.29) is 30.5 Å². The highest BCUT2D eigenvalue weighted by molar-refractivity contribution is 5.87. The summed E-state index contributed by atoms with van der Waals surface area (Å²) in [5.41, 5.74) is 6.95. The van der Waals surface area contributed by atoms with Crippen LogP contribution >= 0.6 is 12.4 Å². The predicted octanol–water partition coefficient (Wildman–Crippen LogP) is 4.04. The van der Waals surface area contributed by atoms with Crippen LogP contribution in [0.15, 0.2) is 42.5 Å². The zero-order chi connectivity index (χ0) is 17.9. The van der Waals surface area contributed by atoms with E-state index >= 15 is 0 Å². The number of carbonyl (C=O) groups excluding carboxylic acids is 1. The lowest BCUT2D eigenvalue weighted by atomic mass is 10.0. The molecule has 0 spiro atoms. The van der Waals surface area contributed by atoms with E-state index in [1.54, 1.807) is 0 Å². The number of fused-ring (bicyclic) bond motifs is 1. The van der Waals surface area contributed by atoms with Crippen LogP contribution in [0, 0.1) is 0 Å². The molecular formula is C22H29ClN2O2. The van der Waals surface area contributed by atoms with Crippen LogP contribution in [0.4, 0.5) is 0 Å². The molecular weight excluding hydrogens is 360 g/mol. The number of hydrogen-bond donors (Lipinski definition) is 1. The molecule has 4 rings (SSSR count). The van der Waals surface area contributed by atoms with Gasteiger partial charge in [-0.3, -0.25) is 4.79 Å². The fraction of sp³-hybridized carbons (Fsp3) is 0.500. The molecule has 1 saturated carbocycles. The fourth-order valence-electron chi connectivity index (χ4n) is 4.46. The Balaban J connectivity index is 0.00000210. The Hall–Kier alpha value is -1.62. The summed E-state index contributed by atoms with van der Waals surface area (Å²) in [6.07, 6.45) is 6.01. The lowest BCUT2D eigenvalue weighted by molar-refractivity contribution is -0.145. The Labute approximate surface area is 167 Å². The number of hydrogen-bond acceptors (Lipinski definition) is 3. The summed E-state index contributed by atoms with van der Waals surface area (Å²) in [4.78, 5) is 15.4. The normalized spacial score (nSPS) is 22.7. The number of nitrogens with two attached hydrogens (primary N) is 1. The molecule has 0 radical (unpaired) electrons. The van der Waals surface area contributed by atoms with E-state index in [4.69, 9.17) is 10.5 Å². The van der Waals surface area contributed by atoms with E-state index in [0.29, 0.717) is 19.1 Å². The molecule has 2 fully saturated rings. The van der Waals surface area contributed by atoms with Crippen LogP contribution < -0.4 is 5.73 Å². The molecule has 1 heterocycles. The minimum atomic E-state index is -0.320. The highest BCUT2D eigenvalue weighted by Crippen LogP contribution is 2.30. The smallest absolute Gasteiger partial charge is 0.252 e. The molecule has 1 aliphatic carbocycles. The number of ether oxygens (including phenoxy) is 1. The molecule has 0 bridgehead atoms. The summed E-state index contributed by atoms with van der Waals surface area (Å²) < 4.78 is 5.92. The fourth-order valence-corrected chi connectivity index (χ4v) is 4.46. The van der Waals surface area contributed by atoms with Crippen molar-refractivity contribution in [2.45, 2.75) is 63.3 Å². The van der Waals surface area contributed by atoms with Crippen molar-refractivity contribution < 1.29 is 9.53 Å². The molecule has 146 valence electrons. The maximum absolute atomic E-state index is 13.3. The zero-order valence-electron chi connectivity index (χ0n) is 15.7. The van der Waals surface area contributed by atoms with E-state index in [1.165, 1.54) is 29.2 Å². The number of benzene rings is 2. The van der Waals surface area contributed by atoms with E-state index in [9.17, 15) is 4.79 Å². The number of rotatable bonds is 5. The quantitative estimate of drug-likeness (QED) is 0.840. The third-order valence-corrected chi connectivity index (χ3v) is 5.92. The first-order valence-corrected chi connectivity index (χ1v) is 9.89. The van der Waals surface area contributed by atoms with Crippen molar-refractivity contribution >= 4 is 29.1 Å². The van der Waals surface area contributed by atoms with Gasteiger partial charge in [-0.1, -0.05) is 55.3 Å². The molecule has 2 aromatic carbocycles. The second-order valence-electron chi connectivity index (χ2n) is 7.60. The van der Waals surface area contributed by atoms with E-state index in [0.717, 1.165) is 25.7 Å². The van der Waals surface area contributed by atoms with Crippen LogP contribution in [-0.4, -0.2) is 35.6 Å². The van der Waals surface area contributed by atoms with Gasteiger partial charge < -0.3 is 15.4 Å².